The molecule has 176 valence electrons. The summed E-state index contributed by atoms with van der Waals surface area (Å²) in [4.78, 5) is 25.3. The number of hydrogen-bond donors (Lipinski definition) is 1. The Labute approximate surface area is 196 Å². The molecule has 2 aromatic heterocycles. The van der Waals surface area contributed by atoms with Crippen LogP contribution in [0.15, 0.2) is 70.5 Å². The molecule has 0 fully saturated rings. The second-order valence-electron chi connectivity index (χ2n) is 7.95. The van der Waals surface area contributed by atoms with Crippen molar-refractivity contribution < 1.29 is 17.9 Å². The summed E-state index contributed by atoms with van der Waals surface area (Å²) in [7, 11) is -3.95. The van der Waals surface area contributed by atoms with Crippen molar-refractivity contribution in [2.45, 2.75) is 32.2 Å². The van der Waals surface area contributed by atoms with Crippen molar-refractivity contribution in [2.75, 3.05) is 11.3 Å². The largest absolute Gasteiger partial charge is 0.460 e. The molecule has 0 radical (unpaired) electrons. The second kappa shape index (κ2) is 9.14. The van der Waals surface area contributed by atoms with Crippen molar-refractivity contribution in [3.63, 3.8) is 0 Å². The van der Waals surface area contributed by atoms with Crippen molar-refractivity contribution in [2.24, 2.45) is 0 Å². The van der Waals surface area contributed by atoms with Gasteiger partial charge in [0.05, 0.1) is 22.7 Å². The first-order valence-corrected chi connectivity index (χ1v) is 12.1. The molecule has 0 aliphatic rings. The predicted molar refractivity (Wildman–Crippen MR) is 128 cm³/mol. The molecule has 9 nitrogen and oxygen atoms in total. The Morgan fingerprint density at radius 3 is 2.41 bits per heavy atom. The highest BCUT2D eigenvalue weighted by Crippen LogP contribution is 2.26. The first kappa shape index (κ1) is 23.2. The van der Waals surface area contributed by atoms with Crippen LogP contribution < -0.4 is 10.4 Å². The fraction of sp³-hybridized carbons (Fsp3) is 0.208. The van der Waals surface area contributed by atoms with Gasteiger partial charge in [-0.15, -0.1) is 5.10 Å². The van der Waals surface area contributed by atoms with Crippen LogP contribution in [0.3, 0.4) is 0 Å². The van der Waals surface area contributed by atoms with Gasteiger partial charge in [-0.25, -0.2) is 22.7 Å². The van der Waals surface area contributed by atoms with Crippen LogP contribution >= 0.6 is 0 Å². The number of anilines is 1. The van der Waals surface area contributed by atoms with Gasteiger partial charge in [0.15, 0.2) is 5.65 Å². The standard InChI is InChI=1S/C24H24N4O5S/c1-16-14-17(2)22(18(3)15-16)34(31,32)26-20-9-5-4-8-19(20)23(29)33-13-12-28-24(30)27-11-7-6-10-21(27)25-28/h4-11,14-15,26H,12-13H2,1-3H3. The number of sulfonamides is 1. The summed E-state index contributed by atoms with van der Waals surface area (Å²) < 4.78 is 36.7. The average molecular weight is 481 g/mol. The van der Waals surface area contributed by atoms with E-state index in [1.54, 1.807) is 62.5 Å². The second-order valence-corrected chi connectivity index (χ2v) is 9.57. The summed E-state index contributed by atoms with van der Waals surface area (Å²) >= 11 is 0. The predicted octanol–water partition coefficient (Wildman–Crippen LogP) is 3.08. The fourth-order valence-electron chi connectivity index (χ4n) is 3.95. The van der Waals surface area contributed by atoms with E-state index in [2.05, 4.69) is 9.82 Å². The first-order chi connectivity index (χ1) is 16.2. The smallest absolute Gasteiger partial charge is 0.350 e. The van der Waals surface area contributed by atoms with Gasteiger partial charge in [-0.1, -0.05) is 35.9 Å². The molecule has 4 aromatic rings. The number of para-hydroxylation sites is 1. The maximum Gasteiger partial charge on any atom is 0.350 e. The molecule has 10 heteroatoms. The minimum Gasteiger partial charge on any atom is -0.460 e. The Morgan fingerprint density at radius 2 is 1.71 bits per heavy atom. The molecule has 1 N–H and O–H groups in total. The van der Waals surface area contributed by atoms with E-state index in [-0.39, 0.29) is 35.0 Å². The van der Waals surface area contributed by atoms with Gasteiger partial charge < -0.3 is 4.74 Å². The molecular weight excluding hydrogens is 456 g/mol. The molecule has 34 heavy (non-hydrogen) atoms. The number of rotatable bonds is 7. The van der Waals surface area contributed by atoms with E-state index < -0.39 is 16.0 Å². The maximum atomic E-state index is 13.1. The van der Waals surface area contributed by atoms with Gasteiger partial charge in [0.25, 0.3) is 10.0 Å². The quantitative estimate of drug-likeness (QED) is 0.407. The SMILES string of the molecule is Cc1cc(C)c(S(=O)(=O)Nc2ccccc2C(=O)OCCn2nc3ccccn3c2=O)c(C)c1. The molecule has 0 amide bonds. The van der Waals surface area contributed by atoms with Crippen molar-refractivity contribution in [3.05, 3.63) is 93.5 Å². The van der Waals surface area contributed by atoms with Crippen molar-refractivity contribution >= 4 is 27.3 Å². The molecule has 4 rings (SSSR count). The summed E-state index contributed by atoms with van der Waals surface area (Å²) in [6.45, 7) is 5.31. The lowest BCUT2D eigenvalue weighted by molar-refractivity contribution is 0.0488. The number of nitrogens with zero attached hydrogens (tertiary/aromatic N) is 3. The fourth-order valence-corrected chi connectivity index (χ4v) is 5.49. The zero-order chi connectivity index (χ0) is 24.5. The number of carbonyl (C=O) groups excluding carboxylic acids is 1. The molecule has 0 aliphatic carbocycles. The van der Waals surface area contributed by atoms with Gasteiger partial charge in [0.2, 0.25) is 0 Å². The minimum absolute atomic E-state index is 0.0574. The normalized spacial score (nSPS) is 11.5. The topological polar surface area (TPSA) is 112 Å². The number of hydrogen-bond acceptors (Lipinski definition) is 6. The highest BCUT2D eigenvalue weighted by molar-refractivity contribution is 7.92. The lowest BCUT2D eigenvalue weighted by Gasteiger charge is -2.16. The number of esters is 1. The molecule has 0 unspecified atom stereocenters. The van der Waals surface area contributed by atoms with E-state index in [1.165, 1.54) is 21.2 Å². The van der Waals surface area contributed by atoms with Crippen LogP contribution in [0.5, 0.6) is 0 Å². The van der Waals surface area contributed by atoms with E-state index in [9.17, 15) is 18.0 Å². The summed E-state index contributed by atoms with van der Waals surface area (Å²) in [6, 6.07) is 15.0. The van der Waals surface area contributed by atoms with Gasteiger partial charge in [0, 0.05) is 6.20 Å². The number of aryl methyl sites for hydroxylation is 3. The highest BCUT2D eigenvalue weighted by Gasteiger charge is 2.23. The summed E-state index contributed by atoms with van der Waals surface area (Å²) in [5.41, 5.74) is 2.50. The van der Waals surface area contributed by atoms with Crippen LogP contribution in [-0.4, -0.2) is 35.2 Å². The zero-order valence-corrected chi connectivity index (χ0v) is 19.8. The van der Waals surface area contributed by atoms with E-state index in [0.29, 0.717) is 16.8 Å². The summed E-state index contributed by atoms with van der Waals surface area (Å²) in [5.74, 6) is -0.715. The Hall–Kier alpha value is -3.92. The molecule has 0 bridgehead atoms. The number of benzene rings is 2. The van der Waals surface area contributed by atoms with Crippen molar-refractivity contribution in [3.8, 4) is 0 Å². The number of aromatic nitrogens is 3. The van der Waals surface area contributed by atoms with Crippen molar-refractivity contribution in [1.29, 1.82) is 0 Å². The zero-order valence-electron chi connectivity index (χ0n) is 19.0. The Bertz CT molecular complexity index is 1530. The Kier molecular flexibility index (Phi) is 6.25. The van der Waals surface area contributed by atoms with E-state index in [4.69, 9.17) is 4.74 Å². The number of nitrogens with one attached hydrogen (secondary N) is 1. The Morgan fingerprint density at radius 1 is 1.03 bits per heavy atom. The third kappa shape index (κ3) is 4.58. The molecule has 0 spiro atoms. The van der Waals surface area contributed by atoms with Crippen LogP contribution in [0.2, 0.25) is 0 Å². The minimum atomic E-state index is -3.95. The first-order valence-electron chi connectivity index (χ1n) is 10.6. The molecule has 2 aromatic carbocycles. The van der Waals surface area contributed by atoms with Crippen LogP contribution in [0.25, 0.3) is 5.65 Å². The van der Waals surface area contributed by atoms with Crippen LogP contribution in [0.1, 0.15) is 27.0 Å². The van der Waals surface area contributed by atoms with Gasteiger partial charge in [-0.3, -0.25) is 9.12 Å². The third-order valence-electron chi connectivity index (χ3n) is 5.29. The van der Waals surface area contributed by atoms with Gasteiger partial charge >= 0.3 is 11.7 Å². The number of ether oxygens (including phenoxy) is 1. The molecule has 0 atom stereocenters. The molecular formula is C24H24N4O5S. The number of carbonyl (C=O) groups is 1. The van der Waals surface area contributed by atoms with Crippen LogP contribution in [0, 0.1) is 20.8 Å². The van der Waals surface area contributed by atoms with Gasteiger partial charge in [-0.05, 0) is 56.2 Å². The van der Waals surface area contributed by atoms with Crippen LogP contribution in [-0.2, 0) is 21.3 Å². The molecule has 2 heterocycles. The Balaban J connectivity index is 1.51. The third-order valence-corrected chi connectivity index (χ3v) is 6.96. The monoisotopic (exact) mass is 480 g/mol. The van der Waals surface area contributed by atoms with E-state index in [0.717, 1.165) is 5.56 Å². The van der Waals surface area contributed by atoms with Gasteiger partial charge in [-0.2, -0.15) is 0 Å². The summed E-state index contributed by atoms with van der Waals surface area (Å²) in [5, 5.41) is 4.19. The van der Waals surface area contributed by atoms with E-state index in [1.807, 2.05) is 6.92 Å². The van der Waals surface area contributed by atoms with Crippen molar-refractivity contribution in [1.82, 2.24) is 14.2 Å². The van der Waals surface area contributed by atoms with Crippen LogP contribution in [0.4, 0.5) is 5.69 Å². The lowest BCUT2D eigenvalue weighted by Crippen LogP contribution is -2.24. The molecule has 0 aliphatic heterocycles. The highest BCUT2D eigenvalue weighted by atomic mass is 32.2. The lowest BCUT2D eigenvalue weighted by atomic mass is 10.1. The maximum absolute atomic E-state index is 13.1. The average Bonchev–Trinajstić information content (AvgIpc) is 3.08. The van der Waals surface area contributed by atoms with Gasteiger partial charge in [0.1, 0.15) is 6.61 Å². The summed E-state index contributed by atoms with van der Waals surface area (Å²) in [6.07, 6.45) is 1.60. The number of pyridine rings is 1. The van der Waals surface area contributed by atoms with E-state index >= 15 is 0 Å². The number of fused-ring (bicyclic) bond motifs is 1. The molecule has 0 saturated heterocycles. The molecule has 0 saturated carbocycles.